The molecule has 1 aliphatic carbocycles. The number of aromatic hydroxyl groups is 1. The first-order valence-electron chi connectivity index (χ1n) is 5.88. The number of phenols is 1. The van der Waals surface area contributed by atoms with Crippen molar-refractivity contribution >= 4 is 11.6 Å². The lowest BCUT2D eigenvalue weighted by Gasteiger charge is -2.39. The van der Waals surface area contributed by atoms with Crippen molar-refractivity contribution in [1.29, 1.82) is 0 Å². The van der Waals surface area contributed by atoms with Gasteiger partial charge in [-0.05, 0) is 43.5 Å². The van der Waals surface area contributed by atoms with Crippen molar-refractivity contribution in [3.63, 3.8) is 0 Å². The number of anilines is 1. The van der Waals surface area contributed by atoms with Crippen LogP contribution in [0, 0.1) is 12.3 Å². The van der Waals surface area contributed by atoms with Crippen molar-refractivity contribution in [1.82, 2.24) is 0 Å². The lowest BCUT2D eigenvalue weighted by molar-refractivity contribution is -0.129. The summed E-state index contributed by atoms with van der Waals surface area (Å²) in [5.41, 5.74) is 6.77. The van der Waals surface area contributed by atoms with Gasteiger partial charge < -0.3 is 16.2 Å². The minimum atomic E-state index is -0.369. The number of rotatable bonds is 3. The summed E-state index contributed by atoms with van der Waals surface area (Å²) in [5, 5.41) is 12.3. The lowest BCUT2D eigenvalue weighted by Crippen LogP contribution is -2.47. The molecule has 17 heavy (non-hydrogen) atoms. The standard InChI is InChI=1S/C13H18N2O2/c1-9-7-10(3-4-11(9)16)15-12(17)13(8-14)5-2-6-13/h3-4,7,16H,2,5-6,8,14H2,1H3,(H,15,17). The van der Waals surface area contributed by atoms with E-state index in [-0.39, 0.29) is 17.1 Å². The third kappa shape index (κ3) is 2.13. The van der Waals surface area contributed by atoms with E-state index < -0.39 is 0 Å². The molecule has 1 aliphatic rings. The van der Waals surface area contributed by atoms with Crippen molar-refractivity contribution in [2.45, 2.75) is 26.2 Å². The van der Waals surface area contributed by atoms with Crippen LogP contribution in [0.15, 0.2) is 18.2 Å². The van der Waals surface area contributed by atoms with E-state index in [1.807, 2.05) is 0 Å². The van der Waals surface area contributed by atoms with E-state index in [1.54, 1.807) is 25.1 Å². The zero-order chi connectivity index (χ0) is 12.5. The molecule has 4 nitrogen and oxygen atoms in total. The molecule has 0 aliphatic heterocycles. The van der Waals surface area contributed by atoms with E-state index in [0.29, 0.717) is 12.2 Å². The van der Waals surface area contributed by atoms with Crippen LogP contribution in [0.25, 0.3) is 0 Å². The van der Waals surface area contributed by atoms with Crippen LogP contribution in [0.4, 0.5) is 5.69 Å². The maximum atomic E-state index is 12.1. The SMILES string of the molecule is Cc1cc(NC(=O)C2(CN)CCC2)ccc1O. The maximum Gasteiger partial charge on any atom is 0.231 e. The Morgan fingerprint density at radius 3 is 2.71 bits per heavy atom. The molecule has 0 bridgehead atoms. The highest BCUT2D eigenvalue weighted by molar-refractivity contribution is 5.96. The van der Waals surface area contributed by atoms with Crippen LogP contribution in [0.5, 0.6) is 5.75 Å². The van der Waals surface area contributed by atoms with Crippen LogP contribution >= 0.6 is 0 Å². The highest BCUT2D eigenvalue weighted by Crippen LogP contribution is 2.40. The molecule has 4 heteroatoms. The zero-order valence-electron chi connectivity index (χ0n) is 9.99. The van der Waals surface area contributed by atoms with Crippen LogP contribution in [0.2, 0.25) is 0 Å². The van der Waals surface area contributed by atoms with E-state index in [2.05, 4.69) is 5.32 Å². The van der Waals surface area contributed by atoms with Crippen LogP contribution < -0.4 is 11.1 Å². The number of phenolic OH excluding ortho intramolecular Hbond substituents is 1. The van der Waals surface area contributed by atoms with Crippen molar-refractivity contribution < 1.29 is 9.90 Å². The Labute approximate surface area is 101 Å². The molecule has 1 amide bonds. The van der Waals surface area contributed by atoms with Crippen molar-refractivity contribution in [2.75, 3.05) is 11.9 Å². The van der Waals surface area contributed by atoms with Gasteiger partial charge in [-0.25, -0.2) is 0 Å². The van der Waals surface area contributed by atoms with Gasteiger partial charge in [-0.3, -0.25) is 4.79 Å². The van der Waals surface area contributed by atoms with Crippen LogP contribution in [-0.2, 0) is 4.79 Å². The van der Waals surface area contributed by atoms with Gasteiger partial charge in [-0.1, -0.05) is 6.42 Å². The van der Waals surface area contributed by atoms with E-state index in [1.165, 1.54) is 0 Å². The van der Waals surface area contributed by atoms with Crippen LogP contribution in [0.3, 0.4) is 0 Å². The fourth-order valence-corrected chi connectivity index (χ4v) is 2.12. The molecule has 0 aromatic heterocycles. The summed E-state index contributed by atoms with van der Waals surface area (Å²) in [6, 6.07) is 5.04. The Kier molecular flexibility index (Phi) is 3.07. The molecule has 92 valence electrons. The molecule has 0 heterocycles. The molecule has 0 saturated heterocycles. The highest BCUT2D eigenvalue weighted by atomic mass is 16.3. The van der Waals surface area contributed by atoms with Gasteiger partial charge in [-0.2, -0.15) is 0 Å². The van der Waals surface area contributed by atoms with Gasteiger partial charge in [0.15, 0.2) is 0 Å². The first-order chi connectivity index (χ1) is 8.07. The number of nitrogens with two attached hydrogens (primary N) is 1. The van der Waals surface area contributed by atoms with E-state index in [4.69, 9.17) is 5.73 Å². The number of hydrogen-bond donors (Lipinski definition) is 3. The Morgan fingerprint density at radius 1 is 1.53 bits per heavy atom. The zero-order valence-corrected chi connectivity index (χ0v) is 9.99. The van der Waals surface area contributed by atoms with Gasteiger partial charge in [-0.15, -0.1) is 0 Å². The minimum Gasteiger partial charge on any atom is -0.508 e. The summed E-state index contributed by atoms with van der Waals surface area (Å²) in [6.45, 7) is 2.20. The number of benzene rings is 1. The second-order valence-corrected chi connectivity index (χ2v) is 4.79. The highest BCUT2D eigenvalue weighted by Gasteiger charge is 2.42. The summed E-state index contributed by atoms with van der Waals surface area (Å²) in [4.78, 5) is 12.1. The minimum absolute atomic E-state index is 0.00339. The Morgan fingerprint density at radius 2 is 2.24 bits per heavy atom. The first kappa shape index (κ1) is 11.9. The van der Waals surface area contributed by atoms with Gasteiger partial charge in [0, 0.05) is 12.2 Å². The smallest absolute Gasteiger partial charge is 0.231 e. The number of aryl methyl sites for hydroxylation is 1. The summed E-state index contributed by atoms with van der Waals surface area (Å²) in [6.07, 6.45) is 2.80. The predicted octanol–water partition coefficient (Wildman–Crippen LogP) is 1.77. The predicted molar refractivity (Wildman–Crippen MR) is 66.8 cm³/mol. The van der Waals surface area contributed by atoms with Gasteiger partial charge >= 0.3 is 0 Å². The molecule has 0 atom stereocenters. The summed E-state index contributed by atoms with van der Waals surface area (Å²) >= 11 is 0. The normalized spacial score (nSPS) is 17.3. The molecule has 1 fully saturated rings. The Bertz CT molecular complexity index is 434. The molecule has 1 aromatic carbocycles. The van der Waals surface area contributed by atoms with E-state index in [9.17, 15) is 9.90 Å². The second kappa shape index (κ2) is 4.37. The number of carbonyl (C=O) groups is 1. The maximum absolute atomic E-state index is 12.1. The fourth-order valence-electron chi connectivity index (χ4n) is 2.12. The Hall–Kier alpha value is -1.55. The third-order valence-corrected chi connectivity index (χ3v) is 3.64. The van der Waals surface area contributed by atoms with Gasteiger partial charge in [0.2, 0.25) is 5.91 Å². The van der Waals surface area contributed by atoms with Gasteiger partial charge in [0.1, 0.15) is 5.75 Å². The molecule has 0 unspecified atom stereocenters. The Balaban J connectivity index is 2.10. The number of amides is 1. The van der Waals surface area contributed by atoms with E-state index in [0.717, 1.165) is 24.8 Å². The quantitative estimate of drug-likeness (QED) is 0.698. The monoisotopic (exact) mass is 234 g/mol. The molecule has 1 aromatic rings. The van der Waals surface area contributed by atoms with Crippen molar-refractivity contribution in [3.8, 4) is 5.75 Å². The molecule has 4 N–H and O–H groups in total. The number of carbonyl (C=O) groups excluding carboxylic acids is 1. The molecule has 0 radical (unpaired) electrons. The topological polar surface area (TPSA) is 75.4 Å². The van der Waals surface area contributed by atoms with Crippen molar-refractivity contribution in [2.24, 2.45) is 11.1 Å². The second-order valence-electron chi connectivity index (χ2n) is 4.79. The summed E-state index contributed by atoms with van der Waals surface area (Å²) in [7, 11) is 0. The molecule has 0 spiro atoms. The summed E-state index contributed by atoms with van der Waals surface area (Å²) < 4.78 is 0. The molecular weight excluding hydrogens is 216 g/mol. The molecule has 1 saturated carbocycles. The average Bonchev–Trinajstić information content (AvgIpc) is 2.23. The average molecular weight is 234 g/mol. The first-order valence-corrected chi connectivity index (χ1v) is 5.88. The van der Waals surface area contributed by atoms with Crippen LogP contribution in [-0.4, -0.2) is 17.6 Å². The molecule has 2 rings (SSSR count). The third-order valence-electron chi connectivity index (χ3n) is 3.64. The fraction of sp³-hybridized carbons (Fsp3) is 0.462. The number of nitrogens with one attached hydrogen (secondary N) is 1. The van der Waals surface area contributed by atoms with Crippen molar-refractivity contribution in [3.05, 3.63) is 23.8 Å². The van der Waals surface area contributed by atoms with Crippen LogP contribution in [0.1, 0.15) is 24.8 Å². The lowest BCUT2D eigenvalue weighted by atomic mass is 9.68. The van der Waals surface area contributed by atoms with Gasteiger partial charge in [0.25, 0.3) is 0 Å². The number of hydrogen-bond acceptors (Lipinski definition) is 3. The van der Waals surface area contributed by atoms with E-state index >= 15 is 0 Å². The summed E-state index contributed by atoms with van der Waals surface area (Å²) in [5.74, 6) is 0.233. The molecular formula is C13H18N2O2. The largest absolute Gasteiger partial charge is 0.508 e. The van der Waals surface area contributed by atoms with Gasteiger partial charge in [0.05, 0.1) is 5.41 Å².